The zero-order chi connectivity index (χ0) is 17.1. The smallest absolute Gasteiger partial charge is 0.191 e. The van der Waals surface area contributed by atoms with Gasteiger partial charge in [-0.2, -0.15) is 0 Å². The van der Waals surface area contributed by atoms with Crippen LogP contribution in [-0.4, -0.2) is 30.9 Å². The van der Waals surface area contributed by atoms with Crippen molar-refractivity contribution in [3.8, 4) is 11.4 Å². The van der Waals surface area contributed by atoms with Crippen molar-refractivity contribution in [3.05, 3.63) is 53.3 Å². The molecule has 0 aliphatic heterocycles. The van der Waals surface area contributed by atoms with Crippen molar-refractivity contribution < 1.29 is 4.79 Å². The number of carbonyl (C=O) groups is 1. The largest absolute Gasteiger partial charge is 0.348 e. The number of hydrogen-bond donors (Lipinski definition) is 0. The highest BCUT2D eigenvalue weighted by atomic mass is 35.5. The number of aryl methyl sites for hydroxylation is 1. The number of benzene rings is 1. The molecule has 3 rings (SSSR count). The van der Waals surface area contributed by atoms with Crippen molar-refractivity contribution in [1.29, 1.82) is 0 Å². The van der Waals surface area contributed by atoms with E-state index >= 15 is 0 Å². The first kappa shape index (κ1) is 16.8. The van der Waals surface area contributed by atoms with Gasteiger partial charge in [0.15, 0.2) is 16.8 Å². The Labute approximate surface area is 149 Å². The zero-order valence-electron chi connectivity index (χ0n) is 13.4. The third-order valence-electron chi connectivity index (χ3n) is 3.68. The Balaban J connectivity index is 1.80. The van der Waals surface area contributed by atoms with Gasteiger partial charge in [-0.15, -0.1) is 10.2 Å². The Morgan fingerprint density at radius 3 is 2.75 bits per heavy atom. The van der Waals surface area contributed by atoms with E-state index < -0.39 is 0 Å². The molecular weight excluding hydrogens is 344 g/mol. The zero-order valence-corrected chi connectivity index (χ0v) is 15.0. The average molecular weight is 361 g/mol. The number of thioether (sulfide) groups is 1. The highest BCUT2D eigenvalue weighted by Gasteiger charge is 2.16. The van der Waals surface area contributed by atoms with E-state index in [0.29, 0.717) is 16.5 Å². The summed E-state index contributed by atoms with van der Waals surface area (Å²) in [5.41, 5.74) is 1.61. The summed E-state index contributed by atoms with van der Waals surface area (Å²) in [5, 5.41) is 9.91. The predicted octanol–water partition coefficient (Wildman–Crippen LogP) is 3.93. The molecule has 24 heavy (non-hydrogen) atoms. The minimum absolute atomic E-state index is 0.0717. The fourth-order valence-corrected chi connectivity index (χ4v) is 3.54. The second-order valence-corrected chi connectivity index (χ2v) is 6.66. The number of aromatic nitrogens is 4. The van der Waals surface area contributed by atoms with E-state index in [9.17, 15) is 4.79 Å². The first-order chi connectivity index (χ1) is 11.6. The molecule has 0 fully saturated rings. The van der Waals surface area contributed by atoms with Gasteiger partial charge in [0.05, 0.1) is 11.4 Å². The molecular formula is C17H17ClN4OS. The van der Waals surface area contributed by atoms with Crippen LogP contribution >= 0.6 is 23.4 Å². The van der Waals surface area contributed by atoms with E-state index in [1.807, 2.05) is 65.7 Å². The Bertz CT molecular complexity index is 871. The topological polar surface area (TPSA) is 52.7 Å². The summed E-state index contributed by atoms with van der Waals surface area (Å²) in [7, 11) is 1.86. The summed E-state index contributed by atoms with van der Waals surface area (Å²) >= 11 is 7.46. The van der Waals surface area contributed by atoms with Crippen molar-refractivity contribution >= 4 is 29.1 Å². The predicted molar refractivity (Wildman–Crippen MR) is 96.6 cm³/mol. The molecule has 3 aromatic rings. The lowest BCUT2D eigenvalue weighted by molar-refractivity contribution is 0.101. The molecule has 0 saturated heterocycles. The van der Waals surface area contributed by atoms with Crippen LogP contribution in [-0.2, 0) is 13.6 Å². The summed E-state index contributed by atoms with van der Waals surface area (Å²) in [6.07, 6.45) is 1.86. The van der Waals surface area contributed by atoms with E-state index in [1.54, 1.807) is 0 Å². The third-order valence-corrected chi connectivity index (χ3v) is 4.88. The van der Waals surface area contributed by atoms with Crippen LogP contribution < -0.4 is 0 Å². The minimum atomic E-state index is 0.0717. The van der Waals surface area contributed by atoms with Gasteiger partial charge >= 0.3 is 0 Å². The summed E-state index contributed by atoms with van der Waals surface area (Å²) in [6, 6.07) is 11.2. The second kappa shape index (κ2) is 7.23. The number of rotatable bonds is 6. The minimum Gasteiger partial charge on any atom is -0.348 e. The molecule has 1 aromatic carbocycles. The van der Waals surface area contributed by atoms with Crippen LogP contribution in [0.1, 0.15) is 17.4 Å². The lowest BCUT2D eigenvalue weighted by atomic mass is 10.2. The van der Waals surface area contributed by atoms with E-state index in [0.717, 1.165) is 23.1 Å². The third kappa shape index (κ3) is 3.39. The van der Waals surface area contributed by atoms with Gasteiger partial charge in [-0.1, -0.05) is 35.5 Å². The van der Waals surface area contributed by atoms with Crippen LogP contribution in [0.5, 0.6) is 0 Å². The molecule has 0 aliphatic rings. The van der Waals surface area contributed by atoms with Crippen LogP contribution in [0.15, 0.2) is 47.8 Å². The number of ketones is 1. The Morgan fingerprint density at radius 2 is 2.08 bits per heavy atom. The van der Waals surface area contributed by atoms with E-state index in [1.165, 1.54) is 11.8 Å². The Kier molecular flexibility index (Phi) is 5.06. The molecule has 0 saturated carbocycles. The number of halogens is 1. The van der Waals surface area contributed by atoms with Crippen molar-refractivity contribution in [1.82, 2.24) is 19.3 Å². The quantitative estimate of drug-likeness (QED) is 0.493. The molecule has 5 nitrogen and oxygen atoms in total. The normalized spacial score (nSPS) is 11.0. The summed E-state index contributed by atoms with van der Waals surface area (Å²) in [6.45, 7) is 2.75. The van der Waals surface area contributed by atoms with Gasteiger partial charge in [0.1, 0.15) is 0 Å². The van der Waals surface area contributed by atoms with Crippen molar-refractivity contribution in [2.45, 2.75) is 18.6 Å². The van der Waals surface area contributed by atoms with E-state index in [4.69, 9.17) is 11.6 Å². The lowest BCUT2D eigenvalue weighted by Gasteiger charge is -2.07. The first-order valence-electron chi connectivity index (χ1n) is 7.56. The number of carbonyl (C=O) groups excluding carboxylic acids is 1. The van der Waals surface area contributed by atoms with Crippen LogP contribution in [0.2, 0.25) is 5.02 Å². The summed E-state index contributed by atoms with van der Waals surface area (Å²) < 4.78 is 3.82. The molecule has 0 aliphatic carbocycles. The first-order valence-corrected chi connectivity index (χ1v) is 8.93. The maximum absolute atomic E-state index is 12.3. The van der Waals surface area contributed by atoms with Crippen molar-refractivity contribution in [3.63, 3.8) is 0 Å². The Morgan fingerprint density at radius 1 is 1.25 bits per heavy atom. The van der Waals surface area contributed by atoms with Crippen LogP contribution in [0.25, 0.3) is 11.4 Å². The lowest BCUT2D eigenvalue weighted by Crippen LogP contribution is -2.09. The van der Waals surface area contributed by atoms with Gasteiger partial charge in [0.2, 0.25) is 0 Å². The van der Waals surface area contributed by atoms with Gasteiger partial charge < -0.3 is 9.13 Å². The fraction of sp³-hybridized carbons (Fsp3) is 0.235. The van der Waals surface area contributed by atoms with Crippen LogP contribution in [0, 0.1) is 0 Å². The van der Waals surface area contributed by atoms with Gasteiger partial charge in [-0.25, -0.2) is 0 Å². The SMILES string of the molecule is CCn1c(SCC(=O)c2cccn2C)nnc1-c1cccc(Cl)c1. The molecule has 2 aromatic heterocycles. The number of nitrogens with zero attached hydrogens (tertiary/aromatic N) is 4. The maximum atomic E-state index is 12.3. The van der Waals surface area contributed by atoms with E-state index in [2.05, 4.69) is 10.2 Å². The average Bonchev–Trinajstić information content (AvgIpc) is 3.18. The second-order valence-electron chi connectivity index (χ2n) is 5.28. The van der Waals surface area contributed by atoms with Gasteiger partial charge in [-0.05, 0) is 31.2 Å². The molecule has 0 N–H and O–H groups in total. The Hall–Kier alpha value is -2.05. The van der Waals surface area contributed by atoms with Gasteiger partial charge in [-0.3, -0.25) is 4.79 Å². The van der Waals surface area contributed by atoms with Crippen molar-refractivity contribution in [2.24, 2.45) is 7.05 Å². The van der Waals surface area contributed by atoms with E-state index in [-0.39, 0.29) is 5.78 Å². The molecule has 0 unspecified atom stereocenters. The molecule has 124 valence electrons. The number of hydrogen-bond acceptors (Lipinski definition) is 4. The highest BCUT2D eigenvalue weighted by Crippen LogP contribution is 2.26. The molecule has 0 radical (unpaired) electrons. The molecule has 0 spiro atoms. The highest BCUT2D eigenvalue weighted by molar-refractivity contribution is 7.99. The van der Waals surface area contributed by atoms with Crippen LogP contribution in [0.4, 0.5) is 0 Å². The monoisotopic (exact) mass is 360 g/mol. The van der Waals surface area contributed by atoms with Crippen molar-refractivity contribution in [2.75, 3.05) is 5.75 Å². The summed E-state index contributed by atoms with van der Waals surface area (Å²) in [4.78, 5) is 12.3. The van der Waals surface area contributed by atoms with Gasteiger partial charge in [0, 0.05) is 30.4 Å². The molecule has 7 heteroatoms. The number of Topliss-reactive ketones (excluding diaryl/α,β-unsaturated/α-hetero) is 1. The molecule has 2 heterocycles. The standard InChI is InChI=1S/C17H17ClN4OS/c1-3-22-16(12-6-4-7-13(18)10-12)19-20-17(22)24-11-15(23)14-8-5-9-21(14)2/h4-10H,3,11H2,1-2H3. The molecule has 0 bridgehead atoms. The molecule has 0 amide bonds. The van der Waals surface area contributed by atoms with Gasteiger partial charge in [0.25, 0.3) is 0 Å². The maximum Gasteiger partial charge on any atom is 0.191 e. The summed E-state index contributed by atoms with van der Waals surface area (Å²) in [5.74, 6) is 1.15. The fourth-order valence-electron chi connectivity index (χ4n) is 2.48. The molecule has 0 atom stereocenters. The van der Waals surface area contributed by atoms with Crippen LogP contribution in [0.3, 0.4) is 0 Å².